The topological polar surface area (TPSA) is 76.4 Å². The highest BCUT2D eigenvalue weighted by molar-refractivity contribution is 5.94. The minimum atomic E-state index is 0.0797. The number of likely N-dealkylation sites (N-methyl/N-ethyl adjacent to an activating group) is 1. The van der Waals surface area contributed by atoms with Gasteiger partial charge in [-0.05, 0) is 55.1 Å². The van der Waals surface area contributed by atoms with E-state index in [1.54, 1.807) is 4.68 Å². The summed E-state index contributed by atoms with van der Waals surface area (Å²) in [6, 6.07) is 7.44. The maximum Gasteiger partial charge on any atom is 0.253 e. The highest BCUT2D eigenvalue weighted by atomic mass is 16.5. The summed E-state index contributed by atoms with van der Waals surface area (Å²) in [5, 5.41) is 11.6. The second-order valence-corrected chi connectivity index (χ2v) is 6.67. The molecule has 8 nitrogen and oxygen atoms in total. The first-order valence-corrected chi connectivity index (χ1v) is 9.09. The lowest BCUT2D eigenvalue weighted by atomic mass is 10.1. The molecule has 3 rings (SSSR count). The normalized spacial score (nSPS) is 15.5. The van der Waals surface area contributed by atoms with Crippen LogP contribution < -0.4 is 4.74 Å². The predicted octanol–water partition coefficient (Wildman–Crippen LogP) is 1.61. The Balaban J connectivity index is 1.56. The number of tetrazole rings is 1. The maximum atomic E-state index is 12.6. The van der Waals surface area contributed by atoms with Crippen molar-refractivity contribution in [2.24, 2.45) is 0 Å². The van der Waals surface area contributed by atoms with Gasteiger partial charge in [-0.15, -0.1) is 5.10 Å². The van der Waals surface area contributed by atoms with Crippen molar-refractivity contribution in [3.05, 3.63) is 35.7 Å². The summed E-state index contributed by atoms with van der Waals surface area (Å²) in [6.07, 6.45) is 0. The Kier molecular flexibility index (Phi) is 5.82. The summed E-state index contributed by atoms with van der Waals surface area (Å²) in [6.45, 7) is 10.9. The van der Waals surface area contributed by atoms with E-state index in [1.807, 2.05) is 43.0 Å². The molecule has 1 aromatic heterocycles. The molecule has 0 bridgehead atoms. The average molecular weight is 358 g/mol. The predicted molar refractivity (Wildman–Crippen MR) is 97.0 cm³/mol. The van der Waals surface area contributed by atoms with E-state index in [2.05, 4.69) is 27.3 Å². The molecule has 26 heavy (non-hydrogen) atoms. The summed E-state index contributed by atoms with van der Waals surface area (Å²) < 4.78 is 7.49. The molecular weight excluding hydrogens is 332 g/mol. The number of aromatic nitrogens is 4. The number of amides is 1. The molecule has 1 aromatic carbocycles. The number of hydrogen-bond donors (Lipinski definition) is 0. The summed E-state index contributed by atoms with van der Waals surface area (Å²) >= 11 is 0. The van der Waals surface area contributed by atoms with Crippen molar-refractivity contribution in [3.8, 4) is 5.75 Å². The zero-order valence-corrected chi connectivity index (χ0v) is 15.6. The van der Waals surface area contributed by atoms with E-state index < -0.39 is 0 Å². The van der Waals surface area contributed by atoms with Gasteiger partial charge in [0.2, 0.25) is 0 Å². The van der Waals surface area contributed by atoms with E-state index in [0.29, 0.717) is 17.1 Å². The molecule has 8 heteroatoms. The molecule has 0 N–H and O–H groups in total. The van der Waals surface area contributed by atoms with Gasteiger partial charge in [0.1, 0.15) is 12.4 Å². The molecule has 0 atom stereocenters. The van der Waals surface area contributed by atoms with Gasteiger partial charge in [0.15, 0.2) is 5.82 Å². The van der Waals surface area contributed by atoms with Crippen LogP contribution in [0.5, 0.6) is 5.75 Å². The largest absolute Gasteiger partial charge is 0.486 e. The lowest BCUT2D eigenvalue weighted by Crippen LogP contribution is -2.48. The van der Waals surface area contributed by atoms with Crippen molar-refractivity contribution in [3.63, 3.8) is 0 Å². The SMILES string of the molecule is CCN1CCN(C(=O)c2ccc(OCc3nnnn3C(C)C)cc2)CC1. The van der Waals surface area contributed by atoms with Crippen molar-refractivity contribution < 1.29 is 9.53 Å². The number of carbonyl (C=O) groups excluding carboxylic acids is 1. The van der Waals surface area contributed by atoms with Crippen LogP contribution in [0.25, 0.3) is 0 Å². The average Bonchev–Trinajstić information content (AvgIpc) is 3.15. The fraction of sp³-hybridized carbons (Fsp3) is 0.556. The molecule has 0 radical (unpaired) electrons. The standard InChI is InChI=1S/C18H26N6O2/c1-4-22-9-11-23(12-10-22)18(25)15-5-7-16(8-6-15)26-13-17-19-20-21-24(17)14(2)3/h5-8,14H,4,9-13H2,1-3H3. The van der Waals surface area contributed by atoms with E-state index in [4.69, 9.17) is 4.74 Å². The first-order chi connectivity index (χ1) is 12.6. The van der Waals surface area contributed by atoms with Crippen molar-refractivity contribution in [1.29, 1.82) is 0 Å². The van der Waals surface area contributed by atoms with Crippen LogP contribution in [0.15, 0.2) is 24.3 Å². The monoisotopic (exact) mass is 358 g/mol. The Bertz CT molecular complexity index is 720. The van der Waals surface area contributed by atoms with Crippen molar-refractivity contribution in [2.45, 2.75) is 33.4 Å². The van der Waals surface area contributed by atoms with Gasteiger partial charge in [-0.3, -0.25) is 4.79 Å². The van der Waals surface area contributed by atoms with E-state index in [1.165, 1.54) is 0 Å². The number of carbonyl (C=O) groups is 1. The van der Waals surface area contributed by atoms with Crippen LogP contribution in [0, 0.1) is 0 Å². The second kappa shape index (κ2) is 8.27. The van der Waals surface area contributed by atoms with Gasteiger partial charge in [0, 0.05) is 31.7 Å². The lowest BCUT2D eigenvalue weighted by molar-refractivity contribution is 0.0643. The van der Waals surface area contributed by atoms with Gasteiger partial charge < -0.3 is 14.5 Å². The quantitative estimate of drug-likeness (QED) is 0.781. The van der Waals surface area contributed by atoms with Crippen molar-refractivity contribution >= 4 is 5.91 Å². The third kappa shape index (κ3) is 4.19. The van der Waals surface area contributed by atoms with Gasteiger partial charge in [-0.1, -0.05) is 6.92 Å². The molecule has 140 valence electrons. The van der Waals surface area contributed by atoms with Crippen molar-refractivity contribution in [2.75, 3.05) is 32.7 Å². The van der Waals surface area contributed by atoms with Crippen LogP contribution >= 0.6 is 0 Å². The molecule has 1 amide bonds. The molecule has 0 spiro atoms. The number of piperazine rings is 1. The number of nitrogens with zero attached hydrogens (tertiary/aromatic N) is 6. The summed E-state index contributed by atoms with van der Waals surface area (Å²) in [5.41, 5.74) is 0.689. The third-order valence-electron chi connectivity index (χ3n) is 4.63. The smallest absolute Gasteiger partial charge is 0.253 e. The Morgan fingerprint density at radius 3 is 2.46 bits per heavy atom. The molecule has 1 aliphatic heterocycles. The zero-order valence-electron chi connectivity index (χ0n) is 15.6. The van der Waals surface area contributed by atoms with Crippen LogP contribution in [0.1, 0.15) is 43.0 Å². The Morgan fingerprint density at radius 1 is 1.15 bits per heavy atom. The van der Waals surface area contributed by atoms with E-state index in [0.717, 1.165) is 32.7 Å². The number of benzene rings is 1. The van der Waals surface area contributed by atoms with Gasteiger partial charge >= 0.3 is 0 Å². The molecule has 0 saturated carbocycles. The highest BCUT2D eigenvalue weighted by Crippen LogP contribution is 2.16. The minimum Gasteiger partial charge on any atom is -0.486 e. The molecular formula is C18H26N6O2. The summed E-state index contributed by atoms with van der Waals surface area (Å²) in [7, 11) is 0. The van der Waals surface area contributed by atoms with Crippen LogP contribution in [0.4, 0.5) is 0 Å². The van der Waals surface area contributed by atoms with Gasteiger partial charge in [0.05, 0.1) is 6.04 Å². The molecule has 2 aromatic rings. The fourth-order valence-corrected chi connectivity index (χ4v) is 3.00. The van der Waals surface area contributed by atoms with Crippen LogP contribution in [0.2, 0.25) is 0 Å². The van der Waals surface area contributed by atoms with Crippen molar-refractivity contribution in [1.82, 2.24) is 30.0 Å². The van der Waals surface area contributed by atoms with E-state index in [9.17, 15) is 4.79 Å². The Hall–Kier alpha value is -2.48. The second-order valence-electron chi connectivity index (χ2n) is 6.67. The Morgan fingerprint density at radius 2 is 1.85 bits per heavy atom. The highest BCUT2D eigenvalue weighted by Gasteiger charge is 2.21. The minimum absolute atomic E-state index is 0.0797. The molecule has 0 unspecified atom stereocenters. The van der Waals surface area contributed by atoms with Crippen LogP contribution in [0.3, 0.4) is 0 Å². The molecule has 2 heterocycles. The van der Waals surface area contributed by atoms with Crippen LogP contribution in [-0.4, -0.2) is 68.6 Å². The number of ether oxygens (including phenoxy) is 1. The summed E-state index contributed by atoms with van der Waals surface area (Å²) in [4.78, 5) is 16.9. The maximum absolute atomic E-state index is 12.6. The lowest BCUT2D eigenvalue weighted by Gasteiger charge is -2.34. The first-order valence-electron chi connectivity index (χ1n) is 9.09. The first kappa shape index (κ1) is 18.3. The molecule has 1 fully saturated rings. The third-order valence-corrected chi connectivity index (χ3v) is 4.63. The Labute approximate surface area is 153 Å². The zero-order chi connectivity index (χ0) is 18.5. The molecule has 0 aliphatic carbocycles. The van der Waals surface area contributed by atoms with Gasteiger partial charge in [-0.2, -0.15) is 0 Å². The van der Waals surface area contributed by atoms with Gasteiger partial charge in [0.25, 0.3) is 5.91 Å². The summed E-state index contributed by atoms with van der Waals surface area (Å²) in [5.74, 6) is 1.45. The number of hydrogen-bond acceptors (Lipinski definition) is 6. The van der Waals surface area contributed by atoms with E-state index >= 15 is 0 Å². The number of rotatable bonds is 6. The van der Waals surface area contributed by atoms with Crippen LogP contribution in [-0.2, 0) is 6.61 Å². The van der Waals surface area contributed by atoms with E-state index in [-0.39, 0.29) is 18.6 Å². The van der Waals surface area contributed by atoms with Gasteiger partial charge in [-0.25, -0.2) is 4.68 Å². The molecule has 1 aliphatic rings. The fourth-order valence-electron chi connectivity index (χ4n) is 3.00. The molecule has 1 saturated heterocycles.